The number of fused-ring (bicyclic) bond motifs is 1. The lowest BCUT2D eigenvalue weighted by Gasteiger charge is -2.05. The van der Waals surface area contributed by atoms with Gasteiger partial charge in [-0.1, -0.05) is 0 Å². The molecule has 0 atom stereocenters. The van der Waals surface area contributed by atoms with Gasteiger partial charge in [-0.3, -0.25) is 0 Å². The van der Waals surface area contributed by atoms with Gasteiger partial charge in [0.05, 0.1) is 7.11 Å². The molecule has 0 aliphatic rings. The highest BCUT2D eigenvalue weighted by molar-refractivity contribution is 9.10. The maximum absolute atomic E-state index is 11.6. The molecule has 4 nitrogen and oxygen atoms in total. The molecular weight excluding hydrogens is 262 g/mol. The van der Waals surface area contributed by atoms with Crippen molar-refractivity contribution in [3.05, 3.63) is 32.9 Å². The van der Waals surface area contributed by atoms with E-state index in [0.29, 0.717) is 27.0 Å². The number of hydrogen-bond acceptors (Lipinski definition) is 4. The average Bonchev–Trinajstić information content (AvgIpc) is 2.17. The predicted octanol–water partition coefficient (Wildman–Crippen LogP) is 2.27. The van der Waals surface area contributed by atoms with Crippen LogP contribution in [0.15, 0.2) is 25.8 Å². The number of ether oxygens (including phenoxy) is 1. The number of hydrogen-bond donors (Lipinski definition) is 0. The molecule has 0 aliphatic carbocycles. The van der Waals surface area contributed by atoms with Gasteiger partial charge in [0.25, 0.3) is 0 Å². The molecule has 5 heteroatoms. The molecule has 1 aromatic heterocycles. The van der Waals surface area contributed by atoms with E-state index in [4.69, 9.17) is 9.15 Å². The zero-order chi connectivity index (χ0) is 11.0. The van der Waals surface area contributed by atoms with E-state index in [1.807, 2.05) is 0 Å². The number of rotatable bonds is 1. The van der Waals surface area contributed by atoms with E-state index in [9.17, 15) is 4.79 Å². The fraction of sp³-hybridized carbons (Fsp3) is 0.200. The van der Waals surface area contributed by atoms with Gasteiger partial charge in [-0.15, -0.1) is 0 Å². The standard InChI is InChI=1S/C10H8BrNO3/c1-5-12-9-7(14-2)4-3-6(11)8(9)10(13)15-5/h3-4H,1-2H3. The minimum atomic E-state index is -0.414. The summed E-state index contributed by atoms with van der Waals surface area (Å²) in [4.78, 5) is 15.7. The summed E-state index contributed by atoms with van der Waals surface area (Å²) in [5.74, 6) is 0.883. The lowest BCUT2D eigenvalue weighted by atomic mass is 10.2. The Balaban J connectivity index is 3.00. The molecular formula is C10H8BrNO3. The smallest absolute Gasteiger partial charge is 0.348 e. The van der Waals surface area contributed by atoms with Crippen molar-refractivity contribution in [2.45, 2.75) is 6.92 Å². The summed E-state index contributed by atoms with van der Waals surface area (Å²) >= 11 is 3.28. The van der Waals surface area contributed by atoms with Gasteiger partial charge in [0.1, 0.15) is 16.7 Å². The largest absolute Gasteiger partial charge is 0.494 e. The summed E-state index contributed by atoms with van der Waals surface area (Å²) in [5.41, 5.74) is 0.101. The second-order valence-corrected chi connectivity index (χ2v) is 3.85. The van der Waals surface area contributed by atoms with Crippen LogP contribution in [-0.4, -0.2) is 12.1 Å². The van der Waals surface area contributed by atoms with Crippen LogP contribution in [0.4, 0.5) is 0 Å². The third kappa shape index (κ3) is 1.63. The summed E-state index contributed by atoms with van der Waals surface area (Å²) in [7, 11) is 1.54. The topological polar surface area (TPSA) is 52.3 Å². The first-order valence-corrected chi connectivity index (χ1v) is 5.06. The van der Waals surface area contributed by atoms with E-state index in [1.165, 1.54) is 7.11 Å². The van der Waals surface area contributed by atoms with E-state index in [2.05, 4.69) is 20.9 Å². The fourth-order valence-electron chi connectivity index (χ4n) is 1.38. The molecule has 2 rings (SSSR count). The van der Waals surface area contributed by atoms with Crippen LogP contribution >= 0.6 is 15.9 Å². The third-order valence-corrected chi connectivity index (χ3v) is 2.68. The fourth-order valence-corrected chi connectivity index (χ4v) is 1.86. The molecule has 0 spiro atoms. The Bertz CT molecular complexity index is 577. The molecule has 0 aliphatic heterocycles. The molecule has 0 radical (unpaired) electrons. The van der Waals surface area contributed by atoms with Gasteiger partial charge in [-0.2, -0.15) is 0 Å². The molecule has 0 amide bonds. The maximum atomic E-state index is 11.6. The van der Waals surface area contributed by atoms with Crippen LogP contribution in [0.1, 0.15) is 5.89 Å². The van der Waals surface area contributed by atoms with E-state index < -0.39 is 5.63 Å². The van der Waals surface area contributed by atoms with Crippen LogP contribution < -0.4 is 10.4 Å². The lowest BCUT2D eigenvalue weighted by Crippen LogP contribution is -2.04. The molecule has 78 valence electrons. The minimum absolute atomic E-state index is 0.323. The second-order valence-electron chi connectivity index (χ2n) is 2.99. The molecule has 0 unspecified atom stereocenters. The quantitative estimate of drug-likeness (QED) is 0.797. The lowest BCUT2D eigenvalue weighted by molar-refractivity contribution is 0.415. The van der Waals surface area contributed by atoms with Gasteiger partial charge < -0.3 is 9.15 Å². The molecule has 0 saturated heterocycles. The Morgan fingerprint density at radius 1 is 1.47 bits per heavy atom. The van der Waals surface area contributed by atoms with Crippen molar-refractivity contribution >= 4 is 26.8 Å². The summed E-state index contributed by atoms with van der Waals surface area (Å²) in [6, 6.07) is 3.48. The highest BCUT2D eigenvalue weighted by atomic mass is 79.9. The van der Waals surface area contributed by atoms with Gasteiger partial charge in [-0.05, 0) is 28.1 Å². The summed E-state index contributed by atoms with van der Waals surface area (Å²) in [5, 5.41) is 0.403. The molecule has 2 aromatic rings. The first-order valence-electron chi connectivity index (χ1n) is 4.27. The van der Waals surface area contributed by atoms with Crippen LogP contribution in [0.5, 0.6) is 5.75 Å². The molecule has 0 bridgehead atoms. The van der Waals surface area contributed by atoms with Crippen LogP contribution in [0.3, 0.4) is 0 Å². The Kier molecular flexibility index (Phi) is 2.48. The molecule has 0 N–H and O–H groups in total. The van der Waals surface area contributed by atoms with Crippen molar-refractivity contribution < 1.29 is 9.15 Å². The van der Waals surface area contributed by atoms with Crippen molar-refractivity contribution in [1.29, 1.82) is 0 Å². The number of halogens is 1. The number of aromatic nitrogens is 1. The zero-order valence-electron chi connectivity index (χ0n) is 8.20. The van der Waals surface area contributed by atoms with Crippen molar-refractivity contribution in [2.75, 3.05) is 7.11 Å². The first kappa shape index (κ1) is 10.2. The number of benzene rings is 1. The van der Waals surface area contributed by atoms with Crippen LogP contribution in [0, 0.1) is 6.92 Å². The predicted molar refractivity (Wildman–Crippen MR) is 59.3 cm³/mol. The second kappa shape index (κ2) is 3.66. The van der Waals surface area contributed by atoms with Gasteiger partial charge in [0.15, 0.2) is 5.89 Å². The average molecular weight is 270 g/mol. The van der Waals surface area contributed by atoms with Gasteiger partial charge >= 0.3 is 5.63 Å². The van der Waals surface area contributed by atoms with Gasteiger partial charge in [0.2, 0.25) is 0 Å². The summed E-state index contributed by atoms with van der Waals surface area (Å²) in [6.45, 7) is 1.63. The van der Waals surface area contributed by atoms with E-state index in [1.54, 1.807) is 19.1 Å². The maximum Gasteiger partial charge on any atom is 0.348 e. The molecule has 0 fully saturated rings. The monoisotopic (exact) mass is 269 g/mol. The minimum Gasteiger partial charge on any atom is -0.494 e. The Hall–Kier alpha value is -1.36. The molecule has 0 saturated carbocycles. The normalized spacial score (nSPS) is 10.6. The molecule has 15 heavy (non-hydrogen) atoms. The van der Waals surface area contributed by atoms with Crippen LogP contribution in [-0.2, 0) is 0 Å². The SMILES string of the molecule is COc1ccc(Br)c2c(=O)oc(C)nc12. The third-order valence-electron chi connectivity index (χ3n) is 2.02. The highest BCUT2D eigenvalue weighted by Gasteiger charge is 2.11. The van der Waals surface area contributed by atoms with Crippen molar-refractivity contribution in [3.8, 4) is 5.75 Å². The van der Waals surface area contributed by atoms with Crippen molar-refractivity contribution in [2.24, 2.45) is 0 Å². The Labute approximate surface area is 94.0 Å². The number of aryl methyl sites for hydroxylation is 1. The Morgan fingerprint density at radius 3 is 2.87 bits per heavy atom. The molecule has 1 aromatic carbocycles. The van der Waals surface area contributed by atoms with Gasteiger partial charge in [0, 0.05) is 11.4 Å². The van der Waals surface area contributed by atoms with Crippen LogP contribution in [0.2, 0.25) is 0 Å². The number of nitrogens with zero attached hydrogens (tertiary/aromatic N) is 1. The van der Waals surface area contributed by atoms with E-state index in [-0.39, 0.29) is 0 Å². The van der Waals surface area contributed by atoms with Crippen molar-refractivity contribution in [3.63, 3.8) is 0 Å². The van der Waals surface area contributed by atoms with Crippen LogP contribution in [0.25, 0.3) is 10.9 Å². The summed E-state index contributed by atoms with van der Waals surface area (Å²) in [6.07, 6.45) is 0. The first-order chi connectivity index (χ1) is 7.13. The van der Waals surface area contributed by atoms with Crippen molar-refractivity contribution in [1.82, 2.24) is 4.98 Å². The van der Waals surface area contributed by atoms with Gasteiger partial charge in [-0.25, -0.2) is 9.78 Å². The Morgan fingerprint density at radius 2 is 2.20 bits per heavy atom. The van der Waals surface area contributed by atoms with E-state index in [0.717, 1.165) is 0 Å². The zero-order valence-corrected chi connectivity index (χ0v) is 9.79. The molecule has 1 heterocycles. The summed E-state index contributed by atoms with van der Waals surface area (Å²) < 4.78 is 10.7. The highest BCUT2D eigenvalue weighted by Crippen LogP contribution is 2.27. The van der Waals surface area contributed by atoms with E-state index >= 15 is 0 Å². The number of methoxy groups -OCH3 is 1.